The molecule has 0 fully saturated rings. The van der Waals surface area contributed by atoms with Gasteiger partial charge in [-0.2, -0.15) is 0 Å². The molecule has 2 aromatic rings. The van der Waals surface area contributed by atoms with Crippen LogP contribution >= 0.6 is 0 Å². The number of carbonyl (C=O) groups excluding carboxylic acids is 1. The number of nitrogens with one attached hydrogen (secondary N) is 1. The molecular formula is C16H16F2N2O3. The number of aliphatic hydroxyl groups is 1. The van der Waals surface area contributed by atoms with E-state index < -0.39 is 25.0 Å². The number of nitrogens with zero attached hydrogens (tertiary/aromatic N) is 1. The lowest BCUT2D eigenvalue weighted by Gasteiger charge is -2.13. The second kappa shape index (κ2) is 8.19. The third-order valence-corrected chi connectivity index (χ3v) is 2.95. The zero-order chi connectivity index (χ0) is 16.7. The molecule has 0 bridgehead atoms. The molecule has 2 N–H and O–H groups in total. The molecule has 7 heteroatoms. The normalized spacial score (nSPS) is 12.0. The molecule has 0 saturated carbocycles. The maximum Gasteiger partial charge on any atom is 0.272 e. The molecule has 0 radical (unpaired) electrons. The van der Waals surface area contributed by atoms with Crippen LogP contribution in [0.3, 0.4) is 0 Å². The second-order valence-corrected chi connectivity index (χ2v) is 4.74. The highest BCUT2D eigenvalue weighted by Crippen LogP contribution is 2.23. The van der Waals surface area contributed by atoms with Crippen LogP contribution in [0.15, 0.2) is 48.7 Å². The van der Waals surface area contributed by atoms with Gasteiger partial charge in [0.05, 0.1) is 12.5 Å². The number of halogens is 2. The molecule has 1 aromatic carbocycles. The van der Waals surface area contributed by atoms with E-state index in [9.17, 15) is 18.7 Å². The second-order valence-electron chi connectivity index (χ2n) is 4.74. The third-order valence-electron chi connectivity index (χ3n) is 2.95. The number of hydrogen-bond acceptors (Lipinski definition) is 4. The summed E-state index contributed by atoms with van der Waals surface area (Å²) >= 11 is 0. The first-order valence-electron chi connectivity index (χ1n) is 6.95. The molecule has 122 valence electrons. The van der Waals surface area contributed by atoms with Crippen LogP contribution in [-0.2, 0) is 4.79 Å². The van der Waals surface area contributed by atoms with Gasteiger partial charge >= 0.3 is 0 Å². The average molecular weight is 322 g/mol. The first kappa shape index (κ1) is 16.8. The highest BCUT2D eigenvalue weighted by atomic mass is 19.3. The fraction of sp³-hybridized carbons (Fsp3) is 0.250. The Labute approximate surface area is 131 Å². The van der Waals surface area contributed by atoms with Crippen molar-refractivity contribution >= 4 is 11.6 Å². The predicted octanol–water partition coefficient (Wildman–Crippen LogP) is 2.79. The third kappa shape index (κ3) is 5.30. The standard InChI is InChI=1S/C16H16F2N2O3/c17-14(18)10-23-16-12(7-4-8-19-16)20-15(22)9-13(21)11-5-2-1-3-6-11/h1-8,13-14,21H,9-10H2,(H,20,22). The van der Waals surface area contributed by atoms with Crippen LogP contribution in [0.4, 0.5) is 14.5 Å². The van der Waals surface area contributed by atoms with Crippen molar-refractivity contribution in [2.45, 2.75) is 19.0 Å². The minimum Gasteiger partial charge on any atom is -0.470 e. The van der Waals surface area contributed by atoms with Crippen LogP contribution in [0.2, 0.25) is 0 Å². The summed E-state index contributed by atoms with van der Waals surface area (Å²) in [6.45, 7) is -0.813. The number of amides is 1. The number of aromatic nitrogens is 1. The molecule has 2 rings (SSSR count). The Hall–Kier alpha value is -2.54. The minimum absolute atomic E-state index is 0.0876. The smallest absolute Gasteiger partial charge is 0.272 e. The molecule has 1 aromatic heterocycles. The molecule has 1 unspecified atom stereocenters. The summed E-state index contributed by atoms with van der Waals surface area (Å²) in [5.74, 6) is -0.563. The van der Waals surface area contributed by atoms with Gasteiger partial charge in [0, 0.05) is 6.20 Å². The van der Waals surface area contributed by atoms with E-state index in [-0.39, 0.29) is 18.0 Å². The van der Waals surface area contributed by atoms with Crippen molar-refractivity contribution in [1.29, 1.82) is 0 Å². The summed E-state index contributed by atoms with van der Waals surface area (Å²) in [5.41, 5.74) is 0.793. The topological polar surface area (TPSA) is 71.5 Å². The Morgan fingerprint density at radius 1 is 1.22 bits per heavy atom. The van der Waals surface area contributed by atoms with Crippen molar-refractivity contribution in [3.8, 4) is 5.88 Å². The van der Waals surface area contributed by atoms with Crippen molar-refractivity contribution < 1.29 is 23.4 Å². The molecular weight excluding hydrogens is 306 g/mol. The SMILES string of the molecule is O=C(CC(O)c1ccccc1)Nc1cccnc1OCC(F)F. The van der Waals surface area contributed by atoms with E-state index in [0.717, 1.165) is 0 Å². The van der Waals surface area contributed by atoms with Crippen molar-refractivity contribution in [1.82, 2.24) is 4.98 Å². The molecule has 0 aliphatic rings. The monoisotopic (exact) mass is 322 g/mol. The summed E-state index contributed by atoms with van der Waals surface area (Å²) in [5, 5.41) is 12.5. The Morgan fingerprint density at radius 2 is 1.96 bits per heavy atom. The zero-order valence-electron chi connectivity index (χ0n) is 12.2. The van der Waals surface area contributed by atoms with Crippen molar-refractivity contribution in [2.75, 3.05) is 11.9 Å². The molecule has 0 spiro atoms. The fourth-order valence-corrected chi connectivity index (χ4v) is 1.91. The Kier molecular flexibility index (Phi) is 5.99. The molecule has 1 atom stereocenters. The zero-order valence-corrected chi connectivity index (χ0v) is 12.2. The van der Waals surface area contributed by atoms with E-state index in [2.05, 4.69) is 10.3 Å². The number of pyridine rings is 1. The van der Waals surface area contributed by atoms with Gasteiger partial charge in [-0.1, -0.05) is 30.3 Å². The predicted molar refractivity (Wildman–Crippen MR) is 80.4 cm³/mol. The lowest BCUT2D eigenvalue weighted by Crippen LogP contribution is -2.17. The Balaban J connectivity index is 1.97. The van der Waals surface area contributed by atoms with Gasteiger partial charge in [-0.25, -0.2) is 13.8 Å². The number of benzene rings is 1. The van der Waals surface area contributed by atoms with E-state index in [1.807, 2.05) is 0 Å². The molecule has 1 heterocycles. The van der Waals surface area contributed by atoms with Gasteiger partial charge in [-0.15, -0.1) is 0 Å². The van der Waals surface area contributed by atoms with Crippen molar-refractivity contribution in [3.63, 3.8) is 0 Å². The van der Waals surface area contributed by atoms with Gasteiger partial charge in [-0.3, -0.25) is 4.79 Å². The maximum absolute atomic E-state index is 12.2. The molecule has 0 aliphatic heterocycles. The summed E-state index contributed by atoms with van der Waals surface area (Å²) in [6, 6.07) is 11.8. The van der Waals surface area contributed by atoms with Crippen molar-refractivity contribution in [3.05, 3.63) is 54.2 Å². The van der Waals surface area contributed by atoms with E-state index in [4.69, 9.17) is 4.74 Å². The average Bonchev–Trinajstić information content (AvgIpc) is 2.54. The van der Waals surface area contributed by atoms with Crippen LogP contribution in [-0.4, -0.2) is 29.0 Å². The first-order chi connectivity index (χ1) is 11.1. The lowest BCUT2D eigenvalue weighted by molar-refractivity contribution is -0.118. The van der Waals surface area contributed by atoms with Gasteiger partial charge in [0.25, 0.3) is 6.43 Å². The summed E-state index contributed by atoms with van der Waals surface area (Å²) in [4.78, 5) is 15.8. The Bertz CT molecular complexity index is 638. The number of carbonyl (C=O) groups is 1. The van der Waals surface area contributed by atoms with Crippen LogP contribution in [0, 0.1) is 0 Å². The van der Waals surface area contributed by atoms with E-state index in [1.165, 1.54) is 12.3 Å². The molecule has 0 saturated heterocycles. The molecule has 1 amide bonds. The van der Waals surface area contributed by atoms with Crippen LogP contribution < -0.4 is 10.1 Å². The lowest BCUT2D eigenvalue weighted by atomic mass is 10.1. The van der Waals surface area contributed by atoms with Gasteiger partial charge in [0.2, 0.25) is 11.8 Å². The van der Waals surface area contributed by atoms with Gasteiger partial charge in [-0.05, 0) is 17.7 Å². The van der Waals surface area contributed by atoms with Crippen molar-refractivity contribution in [2.24, 2.45) is 0 Å². The van der Waals surface area contributed by atoms with E-state index in [0.29, 0.717) is 5.56 Å². The first-order valence-corrected chi connectivity index (χ1v) is 6.95. The molecule has 5 nitrogen and oxygen atoms in total. The summed E-state index contributed by atoms with van der Waals surface area (Å²) < 4.78 is 29.3. The van der Waals surface area contributed by atoms with E-state index in [1.54, 1.807) is 36.4 Å². The van der Waals surface area contributed by atoms with Gasteiger partial charge < -0.3 is 15.2 Å². The maximum atomic E-state index is 12.2. The highest BCUT2D eigenvalue weighted by molar-refractivity contribution is 5.92. The quantitative estimate of drug-likeness (QED) is 0.822. The van der Waals surface area contributed by atoms with Gasteiger partial charge in [0.1, 0.15) is 5.69 Å². The number of aliphatic hydroxyl groups excluding tert-OH is 1. The largest absolute Gasteiger partial charge is 0.470 e. The number of alkyl halides is 2. The molecule has 23 heavy (non-hydrogen) atoms. The summed E-state index contributed by atoms with van der Waals surface area (Å²) in [7, 11) is 0. The highest BCUT2D eigenvalue weighted by Gasteiger charge is 2.15. The Morgan fingerprint density at radius 3 is 2.65 bits per heavy atom. The molecule has 0 aliphatic carbocycles. The number of hydrogen-bond donors (Lipinski definition) is 2. The minimum atomic E-state index is -2.64. The number of anilines is 1. The fourth-order valence-electron chi connectivity index (χ4n) is 1.91. The van der Waals surface area contributed by atoms with Crippen LogP contribution in [0.5, 0.6) is 5.88 Å². The van der Waals surface area contributed by atoms with Crippen LogP contribution in [0.1, 0.15) is 18.1 Å². The van der Waals surface area contributed by atoms with Gasteiger partial charge in [0.15, 0.2) is 6.61 Å². The number of rotatable bonds is 7. The number of ether oxygens (including phenoxy) is 1. The van der Waals surface area contributed by atoms with Crippen LogP contribution in [0.25, 0.3) is 0 Å². The summed E-state index contributed by atoms with van der Waals surface area (Å²) in [6.07, 6.45) is -2.40. The van der Waals surface area contributed by atoms with E-state index >= 15 is 0 Å².